The Balaban J connectivity index is 2.44. The molecule has 0 saturated heterocycles. The molecular formula is C13H16N2O3. The van der Waals surface area contributed by atoms with E-state index in [4.69, 9.17) is 9.84 Å². The molecule has 0 aliphatic heterocycles. The van der Waals surface area contributed by atoms with Gasteiger partial charge >= 0.3 is 0 Å². The van der Waals surface area contributed by atoms with Crippen molar-refractivity contribution in [1.29, 1.82) is 0 Å². The van der Waals surface area contributed by atoms with Crippen LogP contribution in [0.2, 0.25) is 0 Å². The number of aromatic nitrogens is 2. The zero-order chi connectivity index (χ0) is 13.1. The Morgan fingerprint density at radius 2 is 2.00 bits per heavy atom. The number of benzene rings is 1. The van der Waals surface area contributed by atoms with E-state index in [0.29, 0.717) is 12.0 Å². The SMILES string of the molecule is COc1ccc(-n2[nH]c(C)c(CCO)c2=O)cc1. The second-order valence-corrected chi connectivity index (χ2v) is 4.03. The normalized spacial score (nSPS) is 10.6. The molecule has 5 heteroatoms. The van der Waals surface area contributed by atoms with Crippen LogP contribution in [0.1, 0.15) is 11.3 Å². The maximum absolute atomic E-state index is 12.1. The molecule has 0 amide bonds. The highest BCUT2D eigenvalue weighted by Gasteiger charge is 2.11. The van der Waals surface area contributed by atoms with E-state index in [1.807, 2.05) is 6.92 Å². The minimum absolute atomic E-state index is 0.0312. The van der Waals surface area contributed by atoms with E-state index in [1.165, 1.54) is 4.68 Å². The summed E-state index contributed by atoms with van der Waals surface area (Å²) in [6, 6.07) is 7.20. The van der Waals surface area contributed by atoms with Crippen molar-refractivity contribution in [3.05, 3.63) is 45.9 Å². The van der Waals surface area contributed by atoms with Crippen molar-refractivity contribution in [3.63, 3.8) is 0 Å². The highest BCUT2D eigenvalue weighted by atomic mass is 16.5. The van der Waals surface area contributed by atoms with Gasteiger partial charge in [-0.3, -0.25) is 9.89 Å². The Kier molecular flexibility index (Phi) is 3.53. The van der Waals surface area contributed by atoms with Gasteiger partial charge in [0.05, 0.1) is 12.8 Å². The molecule has 0 aliphatic rings. The fourth-order valence-corrected chi connectivity index (χ4v) is 1.90. The molecule has 0 unspecified atom stereocenters. The number of hydrogen-bond acceptors (Lipinski definition) is 3. The van der Waals surface area contributed by atoms with Gasteiger partial charge in [0.1, 0.15) is 5.75 Å². The number of methoxy groups -OCH3 is 1. The molecular weight excluding hydrogens is 232 g/mol. The molecule has 2 N–H and O–H groups in total. The van der Waals surface area contributed by atoms with Crippen molar-refractivity contribution in [1.82, 2.24) is 9.78 Å². The fraction of sp³-hybridized carbons (Fsp3) is 0.308. The van der Waals surface area contributed by atoms with Crippen LogP contribution in [-0.4, -0.2) is 28.6 Å². The van der Waals surface area contributed by atoms with Gasteiger partial charge in [-0.1, -0.05) is 0 Å². The molecule has 18 heavy (non-hydrogen) atoms. The molecule has 1 aromatic carbocycles. The number of nitrogens with one attached hydrogen (secondary N) is 1. The summed E-state index contributed by atoms with van der Waals surface area (Å²) < 4.78 is 6.54. The molecule has 0 saturated carbocycles. The molecule has 0 atom stereocenters. The van der Waals surface area contributed by atoms with Crippen LogP contribution in [0.15, 0.2) is 29.1 Å². The fourth-order valence-electron chi connectivity index (χ4n) is 1.90. The van der Waals surface area contributed by atoms with Crippen LogP contribution in [0.4, 0.5) is 0 Å². The van der Waals surface area contributed by atoms with Crippen LogP contribution in [-0.2, 0) is 6.42 Å². The van der Waals surface area contributed by atoms with E-state index in [9.17, 15) is 4.79 Å². The third-order valence-corrected chi connectivity index (χ3v) is 2.89. The summed E-state index contributed by atoms with van der Waals surface area (Å²) in [7, 11) is 1.60. The third-order valence-electron chi connectivity index (χ3n) is 2.89. The van der Waals surface area contributed by atoms with Gasteiger partial charge in [0, 0.05) is 24.3 Å². The zero-order valence-electron chi connectivity index (χ0n) is 10.4. The number of ether oxygens (including phenoxy) is 1. The molecule has 2 aromatic rings. The number of aliphatic hydroxyl groups is 1. The van der Waals surface area contributed by atoms with Crippen LogP contribution < -0.4 is 10.3 Å². The average Bonchev–Trinajstić information content (AvgIpc) is 2.67. The van der Waals surface area contributed by atoms with Crippen LogP contribution in [0.5, 0.6) is 5.75 Å². The Bertz CT molecular complexity index is 581. The van der Waals surface area contributed by atoms with E-state index in [0.717, 1.165) is 17.1 Å². The Hall–Kier alpha value is -2.01. The number of nitrogens with zero attached hydrogens (tertiary/aromatic N) is 1. The minimum Gasteiger partial charge on any atom is -0.497 e. The summed E-state index contributed by atoms with van der Waals surface area (Å²) in [5, 5.41) is 11.9. The van der Waals surface area contributed by atoms with E-state index < -0.39 is 0 Å². The van der Waals surface area contributed by atoms with Crippen molar-refractivity contribution < 1.29 is 9.84 Å². The molecule has 0 radical (unpaired) electrons. The van der Waals surface area contributed by atoms with Gasteiger partial charge in [-0.2, -0.15) is 0 Å². The Labute approximate surface area is 105 Å². The molecule has 0 fully saturated rings. The minimum atomic E-state index is -0.119. The monoisotopic (exact) mass is 248 g/mol. The zero-order valence-corrected chi connectivity index (χ0v) is 10.4. The van der Waals surface area contributed by atoms with Gasteiger partial charge in [0.2, 0.25) is 0 Å². The van der Waals surface area contributed by atoms with Gasteiger partial charge in [0.25, 0.3) is 5.56 Å². The van der Waals surface area contributed by atoms with Crippen LogP contribution >= 0.6 is 0 Å². The number of aryl methyl sites for hydroxylation is 1. The van der Waals surface area contributed by atoms with Gasteiger partial charge in [0.15, 0.2) is 0 Å². The second kappa shape index (κ2) is 5.10. The highest BCUT2D eigenvalue weighted by Crippen LogP contribution is 2.14. The summed E-state index contributed by atoms with van der Waals surface area (Å²) >= 11 is 0. The van der Waals surface area contributed by atoms with Crippen molar-refractivity contribution in [2.45, 2.75) is 13.3 Å². The average molecular weight is 248 g/mol. The van der Waals surface area contributed by atoms with Gasteiger partial charge in [-0.25, -0.2) is 4.68 Å². The molecule has 96 valence electrons. The number of aliphatic hydroxyl groups excluding tert-OH is 1. The van der Waals surface area contributed by atoms with E-state index in [-0.39, 0.29) is 12.2 Å². The van der Waals surface area contributed by atoms with Gasteiger partial charge in [-0.05, 0) is 31.2 Å². The number of aromatic amines is 1. The van der Waals surface area contributed by atoms with E-state index in [1.54, 1.807) is 31.4 Å². The topological polar surface area (TPSA) is 67.2 Å². The maximum atomic E-state index is 12.1. The summed E-state index contributed by atoms with van der Waals surface area (Å²) in [6.07, 6.45) is 0.365. The maximum Gasteiger partial charge on any atom is 0.274 e. The van der Waals surface area contributed by atoms with E-state index >= 15 is 0 Å². The number of H-pyrrole nitrogens is 1. The lowest BCUT2D eigenvalue weighted by Gasteiger charge is -2.03. The van der Waals surface area contributed by atoms with Crippen LogP contribution in [0.25, 0.3) is 5.69 Å². The first kappa shape index (κ1) is 12.4. The molecule has 1 aromatic heterocycles. The lowest BCUT2D eigenvalue weighted by atomic mass is 10.2. The predicted octanol–water partition coefficient (Wildman–Crippen LogP) is 1.02. The van der Waals surface area contributed by atoms with Crippen molar-refractivity contribution >= 4 is 0 Å². The summed E-state index contributed by atoms with van der Waals surface area (Å²) in [6.45, 7) is 1.79. The van der Waals surface area contributed by atoms with Crippen molar-refractivity contribution in [2.75, 3.05) is 13.7 Å². The highest BCUT2D eigenvalue weighted by molar-refractivity contribution is 5.37. The van der Waals surface area contributed by atoms with Crippen molar-refractivity contribution in [3.8, 4) is 11.4 Å². The number of hydrogen-bond donors (Lipinski definition) is 2. The van der Waals surface area contributed by atoms with E-state index in [2.05, 4.69) is 5.10 Å². The first-order chi connectivity index (χ1) is 8.67. The molecule has 0 bridgehead atoms. The summed E-state index contributed by atoms with van der Waals surface area (Å²) in [5.41, 5.74) is 2.03. The largest absolute Gasteiger partial charge is 0.497 e. The van der Waals surface area contributed by atoms with Crippen LogP contribution in [0.3, 0.4) is 0 Å². The Morgan fingerprint density at radius 1 is 1.33 bits per heavy atom. The Morgan fingerprint density at radius 3 is 2.56 bits per heavy atom. The summed E-state index contributed by atoms with van der Waals surface area (Å²) in [4.78, 5) is 12.1. The second-order valence-electron chi connectivity index (χ2n) is 4.03. The molecule has 2 rings (SSSR count). The molecule has 1 heterocycles. The number of rotatable bonds is 4. The lowest BCUT2D eigenvalue weighted by Crippen LogP contribution is -2.17. The predicted molar refractivity (Wildman–Crippen MR) is 68.5 cm³/mol. The summed E-state index contributed by atoms with van der Waals surface area (Å²) in [5.74, 6) is 0.741. The van der Waals surface area contributed by atoms with Crippen LogP contribution in [0, 0.1) is 6.92 Å². The first-order valence-corrected chi connectivity index (χ1v) is 5.73. The van der Waals surface area contributed by atoms with Gasteiger partial charge < -0.3 is 9.84 Å². The molecule has 0 aliphatic carbocycles. The first-order valence-electron chi connectivity index (χ1n) is 5.73. The lowest BCUT2D eigenvalue weighted by molar-refractivity contribution is 0.299. The molecule has 0 spiro atoms. The van der Waals surface area contributed by atoms with Gasteiger partial charge in [-0.15, -0.1) is 0 Å². The standard InChI is InChI=1S/C13H16N2O3/c1-9-12(7-8-16)13(17)15(14-9)10-3-5-11(18-2)6-4-10/h3-6,14,16H,7-8H2,1-2H3. The molecule has 5 nitrogen and oxygen atoms in total. The third kappa shape index (κ3) is 2.17. The smallest absolute Gasteiger partial charge is 0.274 e. The quantitative estimate of drug-likeness (QED) is 0.848. The van der Waals surface area contributed by atoms with Crippen molar-refractivity contribution in [2.24, 2.45) is 0 Å².